The number of amides is 4. The summed E-state index contributed by atoms with van der Waals surface area (Å²) >= 11 is 0. The van der Waals surface area contributed by atoms with Crippen molar-refractivity contribution in [3.63, 3.8) is 0 Å². The molecule has 1 saturated heterocycles. The summed E-state index contributed by atoms with van der Waals surface area (Å²) in [6.45, 7) is 4.42. The highest BCUT2D eigenvalue weighted by Crippen LogP contribution is 2.41. The molecule has 3 aliphatic heterocycles. The van der Waals surface area contributed by atoms with Crippen molar-refractivity contribution in [1.82, 2.24) is 25.2 Å². The van der Waals surface area contributed by atoms with Gasteiger partial charge in [0.15, 0.2) is 5.69 Å². The summed E-state index contributed by atoms with van der Waals surface area (Å²) in [7, 11) is 0. The molecule has 3 aromatic rings. The Hall–Kier alpha value is -4.34. The quantitative estimate of drug-likeness (QED) is 0.570. The number of aromatic nitrogens is 3. The van der Waals surface area contributed by atoms with Crippen molar-refractivity contribution in [3.05, 3.63) is 71.0 Å². The summed E-state index contributed by atoms with van der Waals surface area (Å²) in [6, 6.07) is 12.5. The van der Waals surface area contributed by atoms with Crippen LogP contribution in [0.2, 0.25) is 0 Å². The number of anilines is 1. The van der Waals surface area contributed by atoms with Gasteiger partial charge in [-0.15, -0.1) is 5.10 Å². The van der Waals surface area contributed by atoms with Crippen molar-refractivity contribution in [2.24, 2.45) is 0 Å². The largest absolute Gasteiger partial charge is 0.322 e. The maximum Gasteiger partial charge on any atom is 0.280 e. The van der Waals surface area contributed by atoms with Gasteiger partial charge in [0.05, 0.1) is 11.9 Å². The van der Waals surface area contributed by atoms with Gasteiger partial charge in [0.25, 0.3) is 11.8 Å². The van der Waals surface area contributed by atoms with Gasteiger partial charge in [0.1, 0.15) is 6.04 Å². The monoisotopic (exact) mass is 484 g/mol. The molecule has 36 heavy (non-hydrogen) atoms. The third-order valence-electron chi connectivity index (χ3n) is 7.53. The maximum absolute atomic E-state index is 13.4. The Morgan fingerprint density at radius 3 is 2.69 bits per heavy atom. The number of imide groups is 1. The predicted molar refractivity (Wildman–Crippen MR) is 129 cm³/mol. The zero-order valence-electron chi connectivity index (χ0n) is 19.8. The van der Waals surface area contributed by atoms with E-state index in [4.69, 9.17) is 0 Å². The van der Waals surface area contributed by atoms with E-state index < -0.39 is 11.9 Å². The average molecular weight is 485 g/mol. The molecule has 0 bridgehead atoms. The number of carbonyl (C=O) groups excluding carboxylic acids is 4. The topological polar surface area (TPSA) is 118 Å². The number of hydrogen-bond donors (Lipinski definition) is 1. The normalized spacial score (nSPS) is 23.1. The molecule has 3 aliphatic rings. The van der Waals surface area contributed by atoms with E-state index in [1.807, 2.05) is 37.3 Å². The second-order valence-electron chi connectivity index (χ2n) is 9.55. The van der Waals surface area contributed by atoms with Crippen LogP contribution in [0.25, 0.3) is 5.69 Å². The molecule has 0 saturated carbocycles. The second-order valence-corrected chi connectivity index (χ2v) is 9.55. The van der Waals surface area contributed by atoms with Crippen molar-refractivity contribution in [2.75, 3.05) is 4.90 Å². The number of nitrogens with one attached hydrogen (secondary N) is 1. The number of benzene rings is 2. The number of hydrogen-bond acceptors (Lipinski definition) is 6. The maximum atomic E-state index is 13.4. The number of fused-ring (bicyclic) bond motifs is 2. The Labute approximate surface area is 206 Å². The van der Waals surface area contributed by atoms with Crippen LogP contribution in [0.4, 0.5) is 5.69 Å². The van der Waals surface area contributed by atoms with Crippen molar-refractivity contribution >= 4 is 29.3 Å². The molecule has 182 valence electrons. The highest BCUT2D eigenvalue weighted by molar-refractivity contribution is 6.07. The molecule has 1 fully saturated rings. The minimum Gasteiger partial charge on any atom is -0.322 e. The van der Waals surface area contributed by atoms with Crippen LogP contribution in [0.5, 0.6) is 0 Å². The summed E-state index contributed by atoms with van der Waals surface area (Å²) in [5.74, 6) is -1.06. The van der Waals surface area contributed by atoms with Crippen LogP contribution >= 0.6 is 0 Å². The number of carbonyl (C=O) groups is 4. The molecule has 2 aromatic carbocycles. The van der Waals surface area contributed by atoms with Gasteiger partial charge in [-0.05, 0) is 42.7 Å². The van der Waals surface area contributed by atoms with Crippen LogP contribution < -0.4 is 10.2 Å². The van der Waals surface area contributed by atoms with Crippen LogP contribution in [0.3, 0.4) is 0 Å². The lowest BCUT2D eigenvalue weighted by Gasteiger charge is -2.29. The average Bonchev–Trinajstić information content (AvgIpc) is 3.55. The number of rotatable bonds is 3. The van der Waals surface area contributed by atoms with Crippen LogP contribution in [-0.2, 0) is 16.1 Å². The first-order valence-corrected chi connectivity index (χ1v) is 12.0. The Bertz CT molecular complexity index is 1450. The fraction of sp³-hybridized carbons (Fsp3) is 0.308. The minimum atomic E-state index is -0.672. The third kappa shape index (κ3) is 3.32. The van der Waals surface area contributed by atoms with E-state index in [1.165, 1.54) is 9.58 Å². The molecule has 3 unspecified atom stereocenters. The predicted octanol–water partition coefficient (Wildman–Crippen LogP) is 2.18. The smallest absolute Gasteiger partial charge is 0.280 e. The summed E-state index contributed by atoms with van der Waals surface area (Å²) < 4.78 is 1.48. The van der Waals surface area contributed by atoms with E-state index in [2.05, 4.69) is 22.6 Å². The fourth-order valence-corrected chi connectivity index (χ4v) is 5.39. The lowest BCUT2D eigenvalue weighted by atomic mass is 9.98. The summed E-state index contributed by atoms with van der Waals surface area (Å²) in [4.78, 5) is 53.6. The summed E-state index contributed by atoms with van der Waals surface area (Å²) in [5.41, 5.74) is 4.07. The molecule has 6 rings (SSSR count). The fourth-order valence-electron chi connectivity index (χ4n) is 5.39. The molecule has 1 N–H and O–H groups in total. The van der Waals surface area contributed by atoms with Crippen LogP contribution in [-0.4, -0.2) is 55.6 Å². The standard InChI is InChI=1S/C26H24N6O4/c1-14-15(2)32(21-6-4-3-5-18(14)21)26(36)20-13-31(29-28-20)17-8-7-16-12-30(25(35)19(16)11-17)22-9-10-23(33)27-24(22)34/h3-8,11,13-15,22H,9-10,12H2,1-2H3,(H,27,33,34). The van der Waals surface area contributed by atoms with Crippen molar-refractivity contribution in [1.29, 1.82) is 0 Å². The lowest BCUT2D eigenvalue weighted by Crippen LogP contribution is -2.52. The third-order valence-corrected chi connectivity index (χ3v) is 7.53. The molecule has 10 heteroatoms. The van der Waals surface area contributed by atoms with Gasteiger partial charge in [0, 0.05) is 36.2 Å². The first-order valence-electron chi connectivity index (χ1n) is 12.0. The summed E-state index contributed by atoms with van der Waals surface area (Å²) in [5, 5.41) is 10.6. The number of para-hydroxylation sites is 1. The van der Waals surface area contributed by atoms with Gasteiger partial charge in [-0.3, -0.25) is 24.5 Å². The number of nitrogens with zero attached hydrogens (tertiary/aromatic N) is 5. The van der Waals surface area contributed by atoms with Crippen molar-refractivity contribution in [3.8, 4) is 5.69 Å². The minimum absolute atomic E-state index is 0.0177. The van der Waals surface area contributed by atoms with E-state index in [0.717, 1.165) is 16.8 Å². The number of piperidine rings is 1. The Morgan fingerprint density at radius 2 is 1.89 bits per heavy atom. The first-order chi connectivity index (χ1) is 17.3. The van der Waals surface area contributed by atoms with Crippen molar-refractivity contribution in [2.45, 2.75) is 51.2 Å². The van der Waals surface area contributed by atoms with E-state index in [1.54, 1.807) is 23.2 Å². The Kier molecular flexibility index (Phi) is 4.99. The molecule has 3 atom stereocenters. The van der Waals surface area contributed by atoms with Gasteiger partial charge < -0.3 is 9.80 Å². The summed E-state index contributed by atoms with van der Waals surface area (Å²) in [6.07, 6.45) is 2.08. The van der Waals surface area contributed by atoms with Gasteiger partial charge in [0.2, 0.25) is 11.8 Å². The highest BCUT2D eigenvalue weighted by Gasteiger charge is 2.40. The van der Waals surface area contributed by atoms with E-state index in [9.17, 15) is 19.2 Å². The Balaban J connectivity index is 1.25. The van der Waals surface area contributed by atoms with Gasteiger partial charge in [-0.2, -0.15) is 0 Å². The molecule has 10 nitrogen and oxygen atoms in total. The molecular weight excluding hydrogens is 460 g/mol. The van der Waals surface area contributed by atoms with Gasteiger partial charge >= 0.3 is 0 Å². The Morgan fingerprint density at radius 1 is 1.08 bits per heavy atom. The van der Waals surface area contributed by atoms with Crippen LogP contribution in [0, 0.1) is 0 Å². The first kappa shape index (κ1) is 22.1. The lowest BCUT2D eigenvalue weighted by molar-refractivity contribution is -0.136. The van der Waals surface area contributed by atoms with Crippen LogP contribution in [0.15, 0.2) is 48.7 Å². The van der Waals surface area contributed by atoms with Crippen molar-refractivity contribution < 1.29 is 19.2 Å². The molecule has 0 aliphatic carbocycles. The molecule has 4 heterocycles. The van der Waals surface area contributed by atoms with E-state index >= 15 is 0 Å². The SMILES string of the molecule is CC1c2ccccc2N(C(=O)c2cn(-c3ccc4c(c3)C(=O)N(C3CCC(=O)NC3=O)C4)nn2)C1C. The molecule has 4 amide bonds. The zero-order chi connectivity index (χ0) is 25.1. The molecule has 1 aromatic heterocycles. The molecule has 0 radical (unpaired) electrons. The zero-order valence-corrected chi connectivity index (χ0v) is 19.8. The molecular formula is C26H24N6O4. The van der Waals surface area contributed by atoms with Gasteiger partial charge in [-0.1, -0.05) is 36.4 Å². The van der Waals surface area contributed by atoms with Gasteiger partial charge in [-0.25, -0.2) is 4.68 Å². The molecule has 0 spiro atoms. The van der Waals surface area contributed by atoms with E-state index in [0.29, 0.717) is 24.2 Å². The second kappa shape index (κ2) is 8.11. The van der Waals surface area contributed by atoms with Crippen LogP contribution in [0.1, 0.15) is 64.6 Å². The highest BCUT2D eigenvalue weighted by atomic mass is 16.2. The van der Waals surface area contributed by atoms with E-state index in [-0.39, 0.29) is 41.8 Å².